The Morgan fingerprint density at radius 2 is 2.05 bits per heavy atom. The third-order valence-electron chi connectivity index (χ3n) is 3.56. The zero-order valence-corrected chi connectivity index (χ0v) is 11.7. The van der Waals surface area contributed by atoms with Gasteiger partial charge in [0.15, 0.2) is 0 Å². The fourth-order valence-corrected chi connectivity index (χ4v) is 2.99. The summed E-state index contributed by atoms with van der Waals surface area (Å²) in [6.07, 6.45) is 0.983. The maximum Gasteiger partial charge on any atom is 0.130 e. The molecule has 19 heavy (non-hydrogen) atoms. The van der Waals surface area contributed by atoms with Crippen molar-refractivity contribution in [2.45, 2.75) is 12.5 Å². The smallest absolute Gasteiger partial charge is 0.130 e. The second-order valence-electron chi connectivity index (χ2n) is 4.84. The van der Waals surface area contributed by atoms with Crippen molar-refractivity contribution in [3.63, 3.8) is 0 Å². The van der Waals surface area contributed by atoms with E-state index in [4.69, 9.17) is 0 Å². The number of imidazole rings is 1. The average Bonchev–Trinajstić information content (AvgIpc) is 3.00. The molecule has 0 aliphatic carbocycles. The van der Waals surface area contributed by atoms with Crippen LogP contribution in [0.15, 0.2) is 46.9 Å². The van der Waals surface area contributed by atoms with Crippen molar-refractivity contribution in [3.8, 4) is 0 Å². The van der Waals surface area contributed by atoms with Gasteiger partial charge in [-0.2, -0.15) is 0 Å². The molecule has 3 nitrogen and oxygen atoms in total. The number of halogens is 1. The van der Waals surface area contributed by atoms with E-state index in [1.807, 2.05) is 12.1 Å². The second kappa shape index (κ2) is 4.10. The summed E-state index contributed by atoms with van der Waals surface area (Å²) in [5.74, 6) is 1.00. The number of H-pyrrole nitrogens is 1. The molecule has 1 aliphatic heterocycles. The maximum absolute atomic E-state index is 4.68. The molecular formula is C15H12BrN3. The number of rotatable bonds is 1. The van der Waals surface area contributed by atoms with Gasteiger partial charge in [-0.25, -0.2) is 4.98 Å². The van der Waals surface area contributed by atoms with E-state index >= 15 is 0 Å². The molecule has 4 rings (SSSR count). The Bertz CT molecular complexity index is 738. The Hall–Kier alpha value is -1.81. The Balaban J connectivity index is 1.73. The molecule has 3 aromatic rings. The summed E-state index contributed by atoms with van der Waals surface area (Å²) < 4.78 is 1.07. The minimum absolute atomic E-state index is 0.239. The number of anilines is 1. The maximum atomic E-state index is 4.68. The molecule has 0 spiro atoms. The van der Waals surface area contributed by atoms with Gasteiger partial charge in [0.05, 0.1) is 17.1 Å². The van der Waals surface area contributed by atoms with Crippen LogP contribution in [0.2, 0.25) is 0 Å². The molecule has 4 heteroatoms. The molecule has 1 aromatic heterocycles. The van der Waals surface area contributed by atoms with Crippen molar-refractivity contribution in [1.29, 1.82) is 0 Å². The lowest BCUT2D eigenvalue weighted by Crippen LogP contribution is -2.07. The number of aromatic nitrogens is 2. The number of aromatic amines is 1. The number of nitrogens with one attached hydrogen (secondary N) is 2. The Morgan fingerprint density at radius 1 is 1.16 bits per heavy atom. The first-order valence-electron chi connectivity index (χ1n) is 6.29. The minimum Gasteiger partial charge on any atom is -0.375 e. The van der Waals surface area contributed by atoms with Gasteiger partial charge in [0.2, 0.25) is 0 Å². The van der Waals surface area contributed by atoms with Crippen molar-refractivity contribution in [1.82, 2.24) is 9.97 Å². The van der Waals surface area contributed by atoms with Gasteiger partial charge in [-0.05, 0) is 29.8 Å². The molecule has 1 atom stereocenters. The summed E-state index contributed by atoms with van der Waals surface area (Å²) in [4.78, 5) is 8.09. The lowest BCUT2D eigenvalue weighted by atomic mass is 10.1. The number of hydrogen-bond acceptors (Lipinski definition) is 2. The molecular weight excluding hydrogens is 302 g/mol. The molecule has 1 aliphatic rings. The lowest BCUT2D eigenvalue weighted by Gasteiger charge is -2.06. The average molecular weight is 314 g/mol. The normalized spacial score (nSPS) is 17.4. The van der Waals surface area contributed by atoms with Crippen LogP contribution < -0.4 is 5.32 Å². The molecule has 0 saturated heterocycles. The van der Waals surface area contributed by atoms with Crippen molar-refractivity contribution < 1.29 is 0 Å². The second-order valence-corrected chi connectivity index (χ2v) is 5.76. The van der Waals surface area contributed by atoms with E-state index < -0.39 is 0 Å². The standard InChI is InChI=1S/C15H12BrN3/c16-10-5-6-12-13(8-10)19-15(18-12)14-7-9-3-1-2-4-11(9)17-14/h1-6,8,14,17H,7H2,(H,18,19). The van der Waals surface area contributed by atoms with Crippen LogP contribution in [0.25, 0.3) is 11.0 Å². The molecule has 0 bridgehead atoms. The summed E-state index contributed by atoms with van der Waals surface area (Å²) in [5.41, 5.74) is 4.65. The van der Waals surface area contributed by atoms with Crippen LogP contribution >= 0.6 is 15.9 Å². The van der Waals surface area contributed by atoms with Crippen molar-refractivity contribution >= 4 is 32.7 Å². The first kappa shape index (κ1) is 11.1. The highest BCUT2D eigenvalue weighted by Gasteiger charge is 2.23. The number of hydrogen-bond donors (Lipinski definition) is 2. The van der Waals surface area contributed by atoms with Gasteiger partial charge in [-0.1, -0.05) is 34.1 Å². The minimum atomic E-state index is 0.239. The van der Waals surface area contributed by atoms with E-state index in [9.17, 15) is 0 Å². The summed E-state index contributed by atoms with van der Waals surface area (Å²) in [6.45, 7) is 0. The third kappa shape index (κ3) is 1.83. The molecule has 0 radical (unpaired) electrons. The molecule has 0 fully saturated rings. The van der Waals surface area contributed by atoms with Gasteiger partial charge in [0, 0.05) is 16.6 Å². The highest BCUT2D eigenvalue weighted by molar-refractivity contribution is 9.10. The first-order valence-corrected chi connectivity index (χ1v) is 7.08. The predicted octanol–water partition coefficient (Wildman–Crippen LogP) is 4.03. The molecule has 2 heterocycles. The van der Waals surface area contributed by atoms with Crippen LogP contribution in [0.1, 0.15) is 17.4 Å². The zero-order valence-electron chi connectivity index (χ0n) is 10.2. The van der Waals surface area contributed by atoms with Crippen LogP contribution in [0, 0.1) is 0 Å². The number of benzene rings is 2. The Morgan fingerprint density at radius 3 is 2.95 bits per heavy atom. The van der Waals surface area contributed by atoms with E-state index in [2.05, 4.69) is 61.5 Å². The summed E-state index contributed by atoms with van der Waals surface area (Å²) >= 11 is 3.49. The van der Waals surface area contributed by atoms with Gasteiger partial charge >= 0.3 is 0 Å². The topological polar surface area (TPSA) is 40.7 Å². The number of nitrogens with zero attached hydrogens (tertiary/aromatic N) is 1. The van der Waals surface area contributed by atoms with E-state index in [0.29, 0.717) is 0 Å². The monoisotopic (exact) mass is 313 g/mol. The zero-order chi connectivity index (χ0) is 12.8. The molecule has 0 saturated carbocycles. The van der Waals surface area contributed by atoms with Crippen molar-refractivity contribution in [2.24, 2.45) is 0 Å². The van der Waals surface area contributed by atoms with Gasteiger partial charge in [0.1, 0.15) is 5.82 Å². The van der Waals surface area contributed by atoms with Crippen LogP contribution in [-0.4, -0.2) is 9.97 Å². The predicted molar refractivity (Wildman–Crippen MR) is 80.3 cm³/mol. The van der Waals surface area contributed by atoms with Gasteiger partial charge in [-0.3, -0.25) is 0 Å². The highest BCUT2D eigenvalue weighted by Crippen LogP contribution is 2.33. The van der Waals surface area contributed by atoms with E-state index in [1.54, 1.807) is 0 Å². The van der Waals surface area contributed by atoms with Crippen molar-refractivity contribution in [3.05, 3.63) is 58.3 Å². The molecule has 2 N–H and O–H groups in total. The largest absolute Gasteiger partial charge is 0.375 e. The van der Waals surface area contributed by atoms with Gasteiger partial charge < -0.3 is 10.3 Å². The SMILES string of the molecule is Brc1ccc2nc(C3Cc4ccccc4N3)[nH]c2c1. The Labute approximate surface area is 119 Å². The van der Waals surface area contributed by atoms with Crippen LogP contribution in [0.4, 0.5) is 5.69 Å². The van der Waals surface area contributed by atoms with Crippen LogP contribution in [-0.2, 0) is 6.42 Å². The Kier molecular flexibility index (Phi) is 2.38. The van der Waals surface area contributed by atoms with Crippen LogP contribution in [0.3, 0.4) is 0 Å². The highest BCUT2D eigenvalue weighted by atomic mass is 79.9. The molecule has 1 unspecified atom stereocenters. The summed E-state index contributed by atoms with van der Waals surface area (Å²) in [7, 11) is 0. The summed E-state index contributed by atoms with van der Waals surface area (Å²) in [6, 6.07) is 14.8. The van der Waals surface area contributed by atoms with E-state index in [0.717, 1.165) is 27.8 Å². The number of para-hydroxylation sites is 1. The quantitative estimate of drug-likeness (QED) is 0.712. The first-order chi connectivity index (χ1) is 9.29. The fraction of sp³-hybridized carbons (Fsp3) is 0.133. The van der Waals surface area contributed by atoms with Crippen LogP contribution in [0.5, 0.6) is 0 Å². The van der Waals surface area contributed by atoms with Gasteiger partial charge in [-0.15, -0.1) is 0 Å². The third-order valence-corrected chi connectivity index (χ3v) is 4.06. The van der Waals surface area contributed by atoms with E-state index in [1.165, 1.54) is 11.3 Å². The summed E-state index contributed by atoms with van der Waals surface area (Å²) in [5, 5.41) is 3.52. The molecule has 2 aromatic carbocycles. The van der Waals surface area contributed by atoms with Crippen molar-refractivity contribution in [2.75, 3.05) is 5.32 Å². The molecule has 94 valence electrons. The molecule has 0 amide bonds. The fourth-order valence-electron chi connectivity index (χ4n) is 2.63. The number of fused-ring (bicyclic) bond motifs is 2. The lowest BCUT2D eigenvalue weighted by molar-refractivity contribution is 0.768. The van der Waals surface area contributed by atoms with E-state index in [-0.39, 0.29) is 6.04 Å². The van der Waals surface area contributed by atoms with Gasteiger partial charge in [0.25, 0.3) is 0 Å².